The third-order valence-corrected chi connectivity index (χ3v) is 5.81. The molecule has 3 N–H and O–H groups in total. The summed E-state index contributed by atoms with van der Waals surface area (Å²) in [6.07, 6.45) is 1.46. The molecule has 1 aliphatic rings. The quantitative estimate of drug-likeness (QED) is 0.348. The number of aliphatic hydroxyl groups is 1. The van der Waals surface area contributed by atoms with E-state index in [1.54, 1.807) is 18.4 Å². The zero-order chi connectivity index (χ0) is 18.9. The summed E-state index contributed by atoms with van der Waals surface area (Å²) in [6.45, 7) is 4.41. The van der Waals surface area contributed by atoms with E-state index in [-0.39, 0.29) is 0 Å². The van der Waals surface area contributed by atoms with E-state index in [1.807, 2.05) is 12.1 Å². The van der Waals surface area contributed by atoms with Crippen LogP contribution in [0.2, 0.25) is 0 Å². The van der Waals surface area contributed by atoms with Gasteiger partial charge < -0.3 is 25.2 Å². The van der Waals surface area contributed by atoms with Crippen LogP contribution in [-0.2, 0) is 9.47 Å². The molecule has 0 spiro atoms. The van der Waals surface area contributed by atoms with Crippen LogP contribution in [0.15, 0.2) is 35.3 Å². The number of benzene rings is 1. The average molecular weight is 392 g/mol. The molecule has 2 atom stereocenters. The molecule has 0 radical (unpaired) electrons. The number of fused-ring (bicyclic) bond motifs is 1. The lowest BCUT2D eigenvalue weighted by Gasteiger charge is -2.15. The Morgan fingerprint density at radius 1 is 1.41 bits per heavy atom. The average Bonchev–Trinajstić information content (AvgIpc) is 3.36. The Morgan fingerprint density at radius 3 is 3.07 bits per heavy atom. The maximum Gasteiger partial charge on any atom is 0.191 e. The number of hydrogen-bond donors (Lipinski definition) is 3. The summed E-state index contributed by atoms with van der Waals surface area (Å²) in [4.78, 5) is 5.17. The van der Waals surface area contributed by atoms with Crippen molar-refractivity contribution in [3.8, 4) is 0 Å². The first-order valence-electron chi connectivity index (χ1n) is 9.53. The predicted molar refractivity (Wildman–Crippen MR) is 111 cm³/mol. The van der Waals surface area contributed by atoms with Gasteiger partial charge in [-0.25, -0.2) is 0 Å². The lowest BCUT2D eigenvalue weighted by molar-refractivity contribution is 0.0888. The van der Waals surface area contributed by atoms with Gasteiger partial charge in [-0.05, 0) is 30.4 Å². The number of aliphatic imine (C=N–C) groups is 1. The van der Waals surface area contributed by atoms with Gasteiger partial charge in [0.15, 0.2) is 5.96 Å². The lowest BCUT2D eigenvalue weighted by Crippen LogP contribution is -2.39. The van der Waals surface area contributed by atoms with Gasteiger partial charge in [0.2, 0.25) is 0 Å². The molecule has 0 saturated carbocycles. The normalized spacial score (nSPS) is 18.7. The van der Waals surface area contributed by atoms with Gasteiger partial charge in [-0.2, -0.15) is 0 Å². The van der Waals surface area contributed by atoms with Crippen molar-refractivity contribution in [1.82, 2.24) is 10.6 Å². The molecule has 1 aromatic carbocycles. The van der Waals surface area contributed by atoms with Gasteiger partial charge in [0.05, 0.1) is 13.2 Å². The number of nitrogens with one attached hydrogen (secondary N) is 2. The van der Waals surface area contributed by atoms with E-state index < -0.39 is 6.10 Å². The van der Waals surface area contributed by atoms with Gasteiger partial charge in [-0.1, -0.05) is 18.2 Å². The maximum atomic E-state index is 10.4. The Bertz CT molecular complexity index is 695. The fraction of sp³-hybridized carbons (Fsp3) is 0.550. The van der Waals surface area contributed by atoms with E-state index in [1.165, 1.54) is 10.1 Å². The highest BCUT2D eigenvalue weighted by atomic mass is 32.1. The van der Waals surface area contributed by atoms with Crippen molar-refractivity contribution in [2.75, 3.05) is 46.6 Å². The van der Waals surface area contributed by atoms with Gasteiger partial charge in [0, 0.05) is 48.8 Å². The maximum absolute atomic E-state index is 10.4. The monoisotopic (exact) mass is 391 g/mol. The van der Waals surface area contributed by atoms with Crippen molar-refractivity contribution >= 4 is 27.4 Å². The molecule has 1 fully saturated rings. The summed E-state index contributed by atoms with van der Waals surface area (Å²) >= 11 is 1.63. The molecule has 1 aliphatic heterocycles. The fourth-order valence-corrected chi connectivity index (χ4v) is 4.08. The minimum atomic E-state index is -0.557. The van der Waals surface area contributed by atoms with Crippen LogP contribution in [-0.4, -0.2) is 57.6 Å². The number of aliphatic hydroxyl groups excluding tert-OH is 1. The van der Waals surface area contributed by atoms with Gasteiger partial charge >= 0.3 is 0 Å². The Kier molecular flexibility index (Phi) is 7.89. The highest BCUT2D eigenvalue weighted by Crippen LogP contribution is 2.29. The molecule has 1 aromatic heterocycles. The molecule has 0 amide bonds. The van der Waals surface area contributed by atoms with Crippen LogP contribution in [0.5, 0.6) is 0 Å². The molecule has 0 aliphatic carbocycles. The van der Waals surface area contributed by atoms with Crippen LogP contribution in [0, 0.1) is 5.92 Å². The topological polar surface area (TPSA) is 75.1 Å². The zero-order valence-electron chi connectivity index (χ0n) is 15.8. The van der Waals surface area contributed by atoms with E-state index in [0.717, 1.165) is 50.7 Å². The molecular weight excluding hydrogens is 362 g/mol. The number of guanidine groups is 1. The molecule has 27 heavy (non-hydrogen) atoms. The molecule has 6 nitrogen and oxygen atoms in total. The van der Waals surface area contributed by atoms with Gasteiger partial charge in [0.25, 0.3) is 0 Å². The van der Waals surface area contributed by atoms with Crippen LogP contribution < -0.4 is 10.6 Å². The third kappa shape index (κ3) is 6.17. The standard InChI is InChI=1S/C20H29N3O3S/c1-21-20(22-8-4-9-25-13-15-7-10-26-14-15)23-12-17(24)19-11-16-5-2-3-6-18(16)27-19/h2-3,5-6,11,15,17,24H,4,7-10,12-14H2,1H3,(H2,21,22,23). The minimum Gasteiger partial charge on any atom is -0.386 e. The Balaban J connectivity index is 1.32. The zero-order valence-corrected chi connectivity index (χ0v) is 16.6. The summed E-state index contributed by atoms with van der Waals surface area (Å²) in [5, 5.41) is 18.1. The van der Waals surface area contributed by atoms with Crippen LogP contribution in [0.4, 0.5) is 0 Å². The van der Waals surface area contributed by atoms with Crippen molar-refractivity contribution in [2.24, 2.45) is 10.9 Å². The molecule has 2 unspecified atom stereocenters. The Hall–Kier alpha value is -1.67. The van der Waals surface area contributed by atoms with E-state index in [0.29, 0.717) is 18.4 Å². The van der Waals surface area contributed by atoms with Crippen LogP contribution in [0.1, 0.15) is 23.8 Å². The Labute approximate surface area is 164 Å². The second kappa shape index (κ2) is 10.6. The third-order valence-electron chi connectivity index (χ3n) is 4.59. The fourth-order valence-electron chi connectivity index (χ4n) is 3.03. The molecule has 2 heterocycles. The number of rotatable bonds is 9. The number of thiophene rings is 1. The van der Waals surface area contributed by atoms with Crippen molar-refractivity contribution in [3.63, 3.8) is 0 Å². The number of ether oxygens (including phenoxy) is 2. The highest BCUT2D eigenvalue weighted by Gasteiger charge is 2.15. The number of hydrogen-bond acceptors (Lipinski definition) is 5. The number of nitrogens with zero attached hydrogens (tertiary/aromatic N) is 1. The summed E-state index contributed by atoms with van der Waals surface area (Å²) in [6, 6.07) is 10.2. The first-order chi connectivity index (χ1) is 13.3. The van der Waals surface area contributed by atoms with Gasteiger partial charge in [-0.3, -0.25) is 4.99 Å². The van der Waals surface area contributed by atoms with Crippen LogP contribution >= 0.6 is 11.3 Å². The smallest absolute Gasteiger partial charge is 0.191 e. The van der Waals surface area contributed by atoms with Gasteiger partial charge in [-0.15, -0.1) is 11.3 Å². The highest BCUT2D eigenvalue weighted by molar-refractivity contribution is 7.19. The molecule has 7 heteroatoms. The second-order valence-corrected chi connectivity index (χ2v) is 7.86. The summed E-state index contributed by atoms with van der Waals surface area (Å²) in [5.74, 6) is 1.25. The van der Waals surface area contributed by atoms with Crippen molar-refractivity contribution in [3.05, 3.63) is 35.2 Å². The summed E-state index contributed by atoms with van der Waals surface area (Å²) in [7, 11) is 1.73. The van der Waals surface area contributed by atoms with Gasteiger partial charge in [0.1, 0.15) is 6.10 Å². The molecule has 148 valence electrons. The van der Waals surface area contributed by atoms with E-state index in [2.05, 4.69) is 33.8 Å². The van der Waals surface area contributed by atoms with Crippen molar-refractivity contribution in [1.29, 1.82) is 0 Å². The minimum absolute atomic E-state index is 0.421. The molecule has 2 aromatic rings. The molecule has 3 rings (SSSR count). The largest absolute Gasteiger partial charge is 0.386 e. The van der Waals surface area contributed by atoms with Crippen molar-refractivity contribution in [2.45, 2.75) is 18.9 Å². The second-order valence-electron chi connectivity index (χ2n) is 6.74. The van der Waals surface area contributed by atoms with E-state index >= 15 is 0 Å². The van der Waals surface area contributed by atoms with Crippen LogP contribution in [0.25, 0.3) is 10.1 Å². The summed E-state index contributed by atoms with van der Waals surface area (Å²) < 4.78 is 12.2. The van der Waals surface area contributed by atoms with E-state index in [4.69, 9.17) is 9.47 Å². The van der Waals surface area contributed by atoms with Crippen molar-refractivity contribution < 1.29 is 14.6 Å². The summed E-state index contributed by atoms with van der Waals surface area (Å²) in [5.41, 5.74) is 0. The first-order valence-corrected chi connectivity index (χ1v) is 10.3. The van der Waals surface area contributed by atoms with E-state index in [9.17, 15) is 5.11 Å². The predicted octanol–water partition coefficient (Wildman–Crippen LogP) is 2.54. The first kappa shape index (κ1) is 20.1. The SMILES string of the molecule is CN=C(NCCCOCC1CCOC1)NCC(O)c1cc2ccccc2s1. The molecule has 0 bridgehead atoms. The lowest BCUT2D eigenvalue weighted by atomic mass is 10.1. The molecular formula is C20H29N3O3S. The molecule has 1 saturated heterocycles. The Morgan fingerprint density at radius 2 is 2.30 bits per heavy atom. The van der Waals surface area contributed by atoms with Crippen LogP contribution in [0.3, 0.4) is 0 Å².